The normalized spacial score (nSPS) is 12.3. The molecule has 0 heterocycles. The molecule has 0 aliphatic heterocycles. The number of amides is 7. The molecule has 0 saturated carbocycles. The van der Waals surface area contributed by atoms with Gasteiger partial charge in [-0.05, 0) is 82.0 Å². The van der Waals surface area contributed by atoms with Crippen LogP contribution in [0.1, 0.15) is 90.0 Å². The molecule has 0 aromatic heterocycles. The van der Waals surface area contributed by atoms with Crippen molar-refractivity contribution in [1.82, 2.24) is 31.9 Å². The largest absolute Gasteiger partial charge is 0.481 e. The van der Waals surface area contributed by atoms with E-state index in [-0.39, 0.29) is 69.1 Å². The number of primary amides is 1. The number of carbonyl (C=O) groups excluding carboxylic acids is 6. The summed E-state index contributed by atoms with van der Waals surface area (Å²) in [6.45, 7) is 14.2. The van der Waals surface area contributed by atoms with Crippen LogP contribution in [-0.4, -0.2) is 242 Å². The van der Waals surface area contributed by atoms with Crippen LogP contribution in [0.2, 0.25) is 0 Å². The lowest BCUT2D eigenvalue weighted by Crippen LogP contribution is -2.57. The van der Waals surface area contributed by atoms with E-state index >= 15 is 0 Å². The maximum absolute atomic E-state index is 13.6. The predicted octanol–water partition coefficient (Wildman–Crippen LogP) is 0.790. The van der Waals surface area contributed by atoms with E-state index < -0.39 is 41.9 Å². The van der Waals surface area contributed by atoms with E-state index in [2.05, 4.69) is 37.2 Å². The second kappa shape index (κ2) is 55.4. The van der Waals surface area contributed by atoms with E-state index in [0.29, 0.717) is 189 Å². The maximum Gasteiger partial charge on any atom is 0.312 e. The fourth-order valence-corrected chi connectivity index (χ4v) is 7.46. The third-order valence-electron chi connectivity index (χ3n) is 12.2. The van der Waals surface area contributed by atoms with Crippen LogP contribution >= 0.6 is 0 Å². The van der Waals surface area contributed by atoms with Crippen LogP contribution < -0.4 is 43.0 Å². The fraction of sp³-hybridized carbons (Fsp3) is 0.772. The number of hydrogen-bond donors (Lipinski definition) is 10. The van der Waals surface area contributed by atoms with Crippen molar-refractivity contribution in [2.24, 2.45) is 11.7 Å². The second-order valence-electron chi connectivity index (χ2n) is 19.5. The molecular formula is C57H102N8O20. The summed E-state index contributed by atoms with van der Waals surface area (Å²) in [4.78, 5) is 85.6. The number of benzene rings is 1. The SMILES string of the molecule is CN[C@@H](CCCCNC(=O)CCOCCOCCOCCOCCOCCCCCOCCOCCOCCOCCOCCOCCNC(=O)CCC(=O)O)C(=O)N[C@H](C(=O)N[C@@H](CCCNC(N)=O)C(=O)Nc1ccc(CO)cc1)C(C)C. The molecule has 1 aromatic rings. The monoisotopic (exact) mass is 1220 g/mol. The van der Waals surface area contributed by atoms with Crippen molar-refractivity contribution in [3.8, 4) is 0 Å². The van der Waals surface area contributed by atoms with Gasteiger partial charge in [-0.1, -0.05) is 26.0 Å². The lowest BCUT2D eigenvalue weighted by molar-refractivity contribution is -0.138. The number of aliphatic carboxylic acids is 1. The molecule has 0 radical (unpaired) electrons. The maximum atomic E-state index is 13.6. The standard InChI is InChI=1S/C57H102N8O20/c1-45(2)53(56(73)64-49(11-9-20-62-57(58)74)55(72)63-47-14-12-46(44-66)13-15-47)65-54(71)48(59-3)10-5-6-19-60-51(68)18-24-77-28-32-81-36-40-83-38-34-79-30-26-75-22-7-4-8-23-76-27-31-80-35-39-84-42-43-85-41-37-82-33-29-78-25-21-61-50(67)16-17-52(69)70/h12-15,45,48-49,53,59,66H,4-11,16-44H2,1-3H3,(H,60,68)(H,61,67)(H,63,72)(H,64,73)(H,65,71)(H,69,70)(H3,58,62,74)/t48-,49-,53-/m0/s1. The highest BCUT2D eigenvalue weighted by Crippen LogP contribution is 2.13. The van der Waals surface area contributed by atoms with Crippen molar-refractivity contribution < 1.29 is 95.9 Å². The van der Waals surface area contributed by atoms with Gasteiger partial charge in [0.15, 0.2) is 0 Å². The topological polar surface area (TPSA) is 372 Å². The molecule has 490 valence electrons. The molecular weight excluding hydrogens is 1120 g/mol. The number of hydrogen-bond acceptors (Lipinski definition) is 20. The second-order valence-corrected chi connectivity index (χ2v) is 19.5. The molecule has 7 amide bonds. The van der Waals surface area contributed by atoms with Crippen molar-refractivity contribution in [2.45, 2.75) is 109 Å². The van der Waals surface area contributed by atoms with Crippen LogP contribution in [0.5, 0.6) is 0 Å². The van der Waals surface area contributed by atoms with Gasteiger partial charge in [0.05, 0.1) is 151 Å². The molecule has 0 bridgehead atoms. The Bertz CT molecular complexity index is 1880. The Morgan fingerprint density at radius 3 is 1.34 bits per heavy atom. The molecule has 28 heteroatoms. The van der Waals surface area contributed by atoms with Gasteiger partial charge in [0.1, 0.15) is 12.1 Å². The third kappa shape index (κ3) is 47.6. The summed E-state index contributed by atoms with van der Waals surface area (Å²) in [6, 6.07) is 3.33. The van der Waals surface area contributed by atoms with Gasteiger partial charge in [-0.2, -0.15) is 0 Å². The van der Waals surface area contributed by atoms with E-state index in [1.54, 1.807) is 45.2 Å². The fourth-order valence-electron chi connectivity index (χ4n) is 7.46. The number of ether oxygens (including phenoxy) is 11. The molecule has 85 heavy (non-hydrogen) atoms. The number of nitrogens with two attached hydrogens (primary N) is 1. The Kier molecular flexibility index (Phi) is 50.7. The van der Waals surface area contributed by atoms with Crippen LogP contribution in [0.4, 0.5) is 10.5 Å². The Morgan fingerprint density at radius 1 is 0.447 bits per heavy atom. The summed E-state index contributed by atoms with van der Waals surface area (Å²) in [5.41, 5.74) is 6.30. The summed E-state index contributed by atoms with van der Waals surface area (Å²) in [5.74, 6) is -3.20. The highest BCUT2D eigenvalue weighted by Gasteiger charge is 2.30. The summed E-state index contributed by atoms with van der Waals surface area (Å²) in [6.07, 6.45) is 5.05. The first kappa shape index (κ1) is 77.8. The number of nitrogens with one attached hydrogen (secondary N) is 7. The van der Waals surface area contributed by atoms with Crippen molar-refractivity contribution in [1.29, 1.82) is 0 Å². The smallest absolute Gasteiger partial charge is 0.312 e. The highest BCUT2D eigenvalue weighted by molar-refractivity contribution is 5.98. The number of rotatable bonds is 60. The molecule has 3 atom stereocenters. The number of aliphatic hydroxyl groups is 1. The van der Waals surface area contributed by atoms with E-state index in [1.165, 1.54) is 0 Å². The zero-order valence-electron chi connectivity index (χ0n) is 50.6. The lowest BCUT2D eigenvalue weighted by Gasteiger charge is -2.27. The van der Waals surface area contributed by atoms with Gasteiger partial charge in [0, 0.05) is 51.4 Å². The minimum Gasteiger partial charge on any atom is -0.481 e. The molecule has 0 spiro atoms. The van der Waals surface area contributed by atoms with Gasteiger partial charge >= 0.3 is 12.0 Å². The Hall–Kier alpha value is -5.21. The number of urea groups is 1. The minimum atomic E-state index is -1.00. The van der Waals surface area contributed by atoms with Gasteiger partial charge in [0.2, 0.25) is 29.5 Å². The Balaban J connectivity index is 1.94. The number of carboxylic acid groups (broad SMARTS) is 1. The van der Waals surface area contributed by atoms with Gasteiger partial charge in [-0.25, -0.2) is 4.79 Å². The molecule has 11 N–H and O–H groups in total. The minimum absolute atomic E-state index is 0.0467. The summed E-state index contributed by atoms with van der Waals surface area (Å²) < 4.78 is 60.6. The van der Waals surface area contributed by atoms with Crippen LogP contribution in [0, 0.1) is 5.92 Å². The van der Waals surface area contributed by atoms with Crippen LogP contribution in [0.25, 0.3) is 0 Å². The molecule has 0 aliphatic rings. The Labute approximate surface area is 501 Å². The molecule has 1 aromatic carbocycles. The number of carboxylic acids is 1. The van der Waals surface area contributed by atoms with Crippen molar-refractivity contribution in [3.63, 3.8) is 0 Å². The number of carbonyl (C=O) groups is 7. The van der Waals surface area contributed by atoms with Gasteiger partial charge in [0.25, 0.3) is 0 Å². The molecule has 0 saturated heterocycles. The summed E-state index contributed by atoms with van der Waals surface area (Å²) in [5, 5.41) is 37.2. The van der Waals surface area contributed by atoms with Gasteiger partial charge in [-0.15, -0.1) is 0 Å². The first-order valence-electron chi connectivity index (χ1n) is 29.7. The number of unbranched alkanes of at least 4 members (excludes halogenated alkanes) is 3. The first-order chi connectivity index (χ1) is 41.3. The zero-order chi connectivity index (χ0) is 62.2. The van der Waals surface area contributed by atoms with E-state index in [9.17, 15) is 38.7 Å². The highest BCUT2D eigenvalue weighted by atomic mass is 16.6. The van der Waals surface area contributed by atoms with Crippen molar-refractivity contribution in [2.75, 3.05) is 177 Å². The zero-order valence-corrected chi connectivity index (χ0v) is 50.6. The van der Waals surface area contributed by atoms with E-state index in [0.717, 1.165) is 19.3 Å². The molecule has 0 aliphatic carbocycles. The van der Waals surface area contributed by atoms with Crippen molar-refractivity contribution >= 4 is 47.2 Å². The number of anilines is 1. The average molecular weight is 1220 g/mol. The van der Waals surface area contributed by atoms with E-state index in [1.807, 2.05) is 0 Å². The van der Waals surface area contributed by atoms with Gasteiger partial charge < -0.3 is 105 Å². The lowest BCUT2D eigenvalue weighted by atomic mass is 10.0. The quantitative estimate of drug-likeness (QED) is 0.0403. The first-order valence-corrected chi connectivity index (χ1v) is 29.7. The van der Waals surface area contributed by atoms with Crippen LogP contribution in [0.3, 0.4) is 0 Å². The van der Waals surface area contributed by atoms with Crippen LogP contribution in [0.15, 0.2) is 24.3 Å². The molecule has 0 unspecified atom stereocenters. The molecule has 0 fully saturated rings. The Morgan fingerprint density at radius 2 is 0.882 bits per heavy atom. The summed E-state index contributed by atoms with van der Waals surface area (Å²) >= 11 is 0. The number of aliphatic hydroxyl groups excluding tert-OH is 1. The van der Waals surface area contributed by atoms with E-state index in [4.69, 9.17) is 62.9 Å². The van der Waals surface area contributed by atoms with Gasteiger partial charge in [-0.3, -0.25) is 28.8 Å². The predicted molar refractivity (Wildman–Crippen MR) is 314 cm³/mol. The van der Waals surface area contributed by atoms with Crippen molar-refractivity contribution in [3.05, 3.63) is 29.8 Å². The number of likely N-dealkylation sites (N-methyl/N-ethyl adjacent to an activating group) is 1. The third-order valence-corrected chi connectivity index (χ3v) is 12.2. The molecule has 1 rings (SSSR count). The summed E-state index contributed by atoms with van der Waals surface area (Å²) in [7, 11) is 1.65. The average Bonchev–Trinajstić information content (AvgIpc) is 3.51. The van der Waals surface area contributed by atoms with Crippen LogP contribution in [-0.2, 0) is 87.5 Å². The molecule has 28 nitrogen and oxygen atoms in total.